The van der Waals surface area contributed by atoms with Gasteiger partial charge in [-0.2, -0.15) is 0 Å². The quantitative estimate of drug-likeness (QED) is 0.781. The third-order valence-corrected chi connectivity index (χ3v) is 9.34. The maximum atomic E-state index is 10.9. The largest absolute Gasteiger partial charge is 0.465 e. The maximum Gasteiger partial charge on any atom is 0.404 e. The zero-order chi connectivity index (χ0) is 18.5. The summed E-state index contributed by atoms with van der Waals surface area (Å²) in [7, 11) is -2.60. The Kier molecular flexibility index (Phi) is 6.03. The van der Waals surface area contributed by atoms with E-state index in [4.69, 9.17) is 9.53 Å². The molecule has 134 valence electrons. The summed E-state index contributed by atoms with van der Waals surface area (Å²) < 4.78 is 6.64. The average molecular weight is 358 g/mol. The highest BCUT2D eigenvalue weighted by molar-refractivity contribution is 6.99. The first-order valence-electron chi connectivity index (χ1n) is 8.52. The van der Waals surface area contributed by atoms with Crippen molar-refractivity contribution in [2.24, 2.45) is 0 Å². The standard InChI is InChI=1S/C20H27NO3Si/c1-16(21-19(22)23)15-24-25(20(2,3)4,17-11-7-5-8-12-17)18-13-9-6-10-14-18/h5-14,16,21H,15H2,1-4H3,(H,22,23). The Balaban J connectivity index is 2.51. The van der Waals surface area contributed by atoms with Crippen molar-refractivity contribution in [2.45, 2.75) is 38.8 Å². The summed E-state index contributed by atoms with van der Waals surface area (Å²) in [5.41, 5.74) is 0. The molecule has 0 aromatic heterocycles. The Morgan fingerprint density at radius 2 is 1.48 bits per heavy atom. The molecular weight excluding hydrogens is 330 g/mol. The van der Waals surface area contributed by atoms with E-state index >= 15 is 0 Å². The van der Waals surface area contributed by atoms with Gasteiger partial charge < -0.3 is 14.8 Å². The van der Waals surface area contributed by atoms with E-state index in [1.165, 1.54) is 10.4 Å². The van der Waals surface area contributed by atoms with Gasteiger partial charge in [-0.3, -0.25) is 0 Å². The first kappa shape index (κ1) is 19.2. The molecule has 0 aliphatic carbocycles. The van der Waals surface area contributed by atoms with E-state index in [9.17, 15) is 4.79 Å². The minimum absolute atomic E-state index is 0.112. The fourth-order valence-electron chi connectivity index (χ4n) is 3.26. The highest BCUT2D eigenvalue weighted by atomic mass is 28.4. The monoisotopic (exact) mass is 357 g/mol. The zero-order valence-corrected chi connectivity index (χ0v) is 16.3. The molecule has 25 heavy (non-hydrogen) atoms. The molecule has 0 bridgehead atoms. The van der Waals surface area contributed by atoms with E-state index in [0.29, 0.717) is 6.61 Å². The lowest BCUT2D eigenvalue weighted by atomic mass is 10.2. The topological polar surface area (TPSA) is 58.6 Å². The molecular formula is C20H27NO3Si. The van der Waals surface area contributed by atoms with Gasteiger partial charge in [0.15, 0.2) is 0 Å². The molecule has 5 heteroatoms. The molecule has 0 aliphatic rings. The van der Waals surface area contributed by atoms with Gasteiger partial charge in [-0.25, -0.2) is 4.79 Å². The van der Waals surface area contributed by atoms with Crippen LogP contribution < -0.4 is 15.7 Å². The van der Waals surface area contributed by atoms with E-state index in [2.05, 4.69) is 50.4 Å². The molecule has 1 amide bonds. The van der Waals surface area contributed by atoms with E-state index in [-0.39, 0.29) is 11.1 Å². The summed E-state index contributed by atoms with van der Waals surface area (Å²) in [4.78, 5) is 10.9. The molecule has 1 atom stereocenters. The van der Waals surface area contributed by atoms with Gasteiger partial charge in [0.2, 0.25) is 0 Å². The third-order valence-electron chi connectivity index (χ3n) is 4.34. The highest BCUT2D eigenvalue weighted by Crippen LogP contribution is 2.36. The van der Waals surface area contributed by atoms with Crippen LogP contribution in [0.4, 0.5) is 4.79 Å². The molecule has 2 aromatic carbocycles. The number of benzene rings is 2. The van der Waals surface area contributed by atoms with Crippen molar-refractivity contribution in [3.05, 3.63) is 60.7 Å². The fraction of sp³-hybridized carbons (Fsp3) is 0.350. The molecule has 1 unspecified atom stereocenters. The Labute approximate surface area is 151 Å². The Bertz CT molecular complexity index is 644. The van der Waals surface area contributed by atoms with Gasteiger partial charge in [0.1, 0.15) is 0 Å². The zero-order valence-electron chi connectivity index (χ0n) is 15.3. The van der Waals surface area contributed by atoms with Crippen LogP contribution in [0.25, 0.3) is 0 Å². The van der Waals surface area contributed by atoms with Crippen molar-refractivity contribution in [1.82, 2.24) is 5.32 Å². The lowest BCUT2D eigenvalue weighted by Gasteiger charge is -2.43. The van der Waals surface area contributed by atoms with E-state index in [0.717, 1.165) is 0 Å². The van der Waals surface area contributed by atoms with Crippen LogP contribution in [0.5, 0.6) is 0 Å². The summed E-state index contributed by atoms with van der Waals surface area (Å²) in [6, 6.07) is 20.4. The van der Waals surface area contributed by atoms with Crippen molar-refractivity contribution in [3.63, 3.8) is 0 Å². The van der Waals surface area contributed by atoms with Crippen LogP contribution in [0, 0.1) is 0 Å². The number of rotatable bonds is 6. The van der Waals surface area contributed by atoms with Gasteiger partial charge in [0.05, 0.1) is 12.6 Å². The smallest absolute Gasteiger partial charge is 0.404 e. The maximum absolute atomic E-state index is 10.9. The summed E-state index contributed by atoms with van der Waals surface area (Å²) in [6.07, 6.45) is -1.03. The van der Waals surface area contributed by atoms with Crippen molar-refractivity contribution >= 4 is 24.8 Å². The summed E-state index contributed by atoms with van der Waals surface area (Å²) in [5.74, 6) is 0. The molecule has 4 nitrogen and oxygen atoms in total. The predicted molar refractivity (Wildman–Crippen MR) is 104 cm³/mol. The highest BCUT2D eigenvalue weighted by Gasteiger charge is 2.50. The molecule has 0 heterocycles. The molecule has 2 aromatic rings. The molecule has 0 saturated heterocycles. The second kappa shape index (κ2) is 7.85. The molecule has 2 N–H and O–H groups in total. The number of hydrogen-bond acceptors (Lipinski definition) is 2. The average Bonchev–Trinajstić information content (AvgIpc) is 2.55. The summed E-state index contributed by atoms with van der Waals surface area (Å²) in [6.45, 7) is 8.77. The lowest BCUT2D eigenvalue weighted by molar-refractivity contribution is 0.182. The first-order valence-corrected chi connectivity index (χ1v) is 10.4. The van der Waals surface area contributed by atoms with Crippen LogP contribution in [0.2, 0.25) is 5.04 Å². The number of hydrogen-bond donors (Lipinski definition) is 2. The SMILES string of the molecule is CC(CO[Si](c1ccccc1)(c1ccccc1)C(C)(C)C)NC(=O)O. The number of carboxylic acid groups (broad SMARTS) is 1. The van der Waals surface area contributed by atoms with Gasteiger partial charge in [-0.15, -0.1) is 0 Å². The normalized spacial score (nSPS) is 13.3. The van der Waals surface area contributed by atoms with E-state index in [1.807, 2.05) is 43.3 Å². The number of amides is 1. The van der Waals surface area contributed by atoms with Gasteiger partial charge in [-0.05, 0) is 22.3 Å². The van der Waals surface area contributed by atoms with Crippen molar-refractivity contribution in [2.75, 3.05) is 6.61 Å². The molecule has 0 spiro atoms. The Morgan fingerprint density at radius 1 is 1.04 bits per heavy atom. The molecule has 0 aliphatic heterocycles. The summed E-state index contributed by atoms with van der Waals surface area (Å²) in [5, 5.41) is 13.7. The van der Waals surface area contributed by atoms with Crippen LogP contribution in [-0.2, 0) is 4.43 Å². The molecule has 0 fully saturated rings. The second-order valence-electron chi connectivity index (χ2n) is 7.32. The molecule has 2 rings (SSSR count). The molecule has 0 radical (unpaired) electrons. The first-order chi connectivity index (χ1) is 11.8. The number of nitrogens with one attached hydrogen (secondary N) is 1. The van der Waals surface area contributed by atoms with Crippen LogP contribution in [0.15, 0.2) is 60.7 Å². The van der Waals surface area contributed by atoms with Crippen LogP contribution >= 0.6 is 0 Å². The Morgan fingerprint density at radius 3 is 1.84 bits per heavy atom. The van der Waals surface area contributed by atoms with Crippen LogP contribution in [0.3, 0.4) is 0 Å². The molecule has 0 saturated carbocycles. The van der Waals surface area contributed by atoms with Gasteiger partial charge >= 0.3 is 6.09 Å². The predicted octanol–water partition coefficient (Wildman–Crippen LogP) is 3.22. The van der Waals surface area contributed by atoms with Crippen LogP contribution in [-0.4, -0.2) is 32.2 Å². The van der Waals surface area contributed by atoms with E-state index in [1.54, 1.807) is 0 Å². The number of carbonyl (C=O) groups is 1. The van der Waals surface area contributed by atoms with Crippen LogP contribution in [0.1, 0.15) is 27.7 Å². The summed E-state index contributed by atoms with van der Waals surface area (Å²) >= 11 is 0. The lowest BCUT2D eigenvalue weighted by Crippen LogP contribution is -2.67. The fourth-order valence-corrected chi connectivity index (χ4v) is 7.92. The Hall–Kier alpha value is -2.11. The van der Waals surface area contributed by atoms with Crippen molar-refractivity contribution in [1.29, 1.82) is 0 Å². The van der Waals surface area contributed by atoms with Crippen molar-refractivity contribution in [3.8, 4) is 0 Å². The van der Waals surface area contributed by atoms with Gasteiger partial charge in [-0.1, -0.05) is 81.4 Å². The van der Waals surface area contributed by atoms with Crippen molar-refractivity contribution < 1.29 is 14.3 Å². The van der Waals surface area contributed by atoms with Gasteiger partial charge in [0, 0.05) is 0 Å². The van der Waals surface area contributed by atoms with E-state index < -0.39 is 14.4 Å². The minimum atomic E-state index is -2.60. The minimum Gasteiger partial charge on any atom is -0.465 e. The second-order valence-corrected chi connectivity index (χ2v) is 11.6. The third kappa shape index (κ3) is 4.30. The van der Waals surface area contributed by atoms with Gasteiger partial charge in [0.25, 0.3) is 8.32 Å².